The molecule has 3 aromatic rings. The minimum atomic E-state index is -0.405. The standard InChI is InChI=1S/C18H15NO4/c1-22-17-12-9-10-23-18(12)15(19)16(21)14(17)13(20)8-7-11-5-3-2-4-6-11/h2-10,21H,19H2,1H3/b8-7+. The topological polar surface area (TPSA) is 85.7 Å². The van der Waals surface area contributed by atoms with Crippen molar-refractivity contribution < 1.29 is 19.1 Å². The van der Waals surface area contributed by atoms with Crippen LogP contribution in [0.3, 0.4) is 0 Å². The van der Waals surface area contributed by atoms with Crippen molar-refractivity contribution in [3.05, 3.63) is 59.9 Å². The Balaban J connectivity index is 2.10. The molecule has 0 aliphatic rings. The van der Waals surface area contributed by atoms with Crippen molar-refractivity contribution in [1.29, 1.82) is 0 Å². The Hall–Kier alpha value is -3.21. The molecule has 0 saturated heterocycles. The molecule has 23 heavy (non-hydrogen) atoms. The first-order valence-electron chi connectivity index (χ1n) is 6.96. The van der Waals surface area contributed by atoms with Crippen LogP contribution in [0.15, 0.2) is 53.2 Å². The Kier molecular flexibility index (Phi) is 3.76. The molecule has 2 aromatic carbocycles. The van der Waals surface area contributed by atoms with E-state index in [0.29, 0.717) is 11.0 Å². The number of nitrogens with two attached hydrogens (primary N) is 1. The summed E-state index contributed by atoms with van der Waals surface area (Å²) >= 11 is 0. The molecule has 0 fully saturated rings. The Morgan fingerprint density at radius 2 is 2.00 bits per heavy atom. The third kappa shape index (κ3) is 2.53. The van der Waals surface area contributed by atoms with E-state index >= 15 is 0 Å². The van der Waals surface area contributed by atoms with Crippen molar-refractivity contribution in [1.82, 2.24) is 0 Å². The number of methoxy groups -OCH3 is 1. The highest BCUT2D eigenvalue weighted by Gasteiger charge is 2.24. The molecule has 5 nitrogen and oxygen atoms in total. The molecule has 3 rings (SSSR count). The van der Waals surface area contributed by atoms with Gasteiger partial charge in [0.15, 0.2) is 17.1 Å². The zero-order valence-electron chi connectivity index (χ0n) is 12.4. The Morgan fingerprint density at radius 1 is 1.26 bits per heavy atom. The molecule has 0 radical (unpaired) electrons. The highest BCUT2D eigenvalue weighted by atomic mass is 16.5. The van der Waals surface area contributed by atoms with Crippen LogP contribution in [0.25, 0.3) is 17.0 Å². The van der Waals surface area contributed by atoms with Crippen LogP contribution in [0.5, 0.6) is 11.5 Å². The van der Waals surface area contributed by atoms with Gasteiger partial charge < -0.3 is 20.0 Å². The van der Waals surface area contributed by atoms with Gasteiger partial charge in [-0.15, -0.1) is 0 Å². The van der Waals surface area contributed by atoms with E-state index in [9.17, 15) is 9.90 Å². The van der Waals surface area contributed by atoms with Gasteiger partial charge in [0.05, 0.1) is 18.8 Å². The van der Waals surface area contributed by atoms with Gasteiger partial charge in [-0.05, 0) is 17.7 Å². The van der Waals surface area contributed by atoms with E-state index < -0.39 is 5.78 Å². The number of fused-ring (bicyclic) bond motifs is 1. The second-order valence-corrected chi connectivity index (χ2v) is 4.94. The summed E-state index contributed by atoms with van der Waals surface area (Å²) < 4.78 is 10.5. The normalized spacial score (nSPS) is 11.2. The number of carbonyl (C=O) groups is 1. The van der Waals surface area contributed by atoms with Gasteiger partial charge in [-0.2, -0.15) is 0 Å². The van der Waals surface area contributed by atoms with Crippen LogP contribution in [0.4, 0.5) is 5.69 Å². The average Bonchev–Trinajstić information content (AvgIpc) is 3.06. The third-order valence-electron chi connectivity index (χ3n) is 3.55. The predicted molar refractivity (Wildman–Crippen MR) is 88.6 cm³/mol. The molecule has 0 amide bonds. The van der Waals surface area contributed by atoms with Gasteiger partial charge in [0.1, 0.15) is 17.0 Å². The van der Waals surface area contributed by atoms with E-state index in [0.717, 1.165) is 5.56 Å². The van der Waals surface area contributed by atoms with Crippen molar-refractivity contribution in [2.75, 3.05) is 12.8 Å². The number of nitrogen functional groups attached to an aromatic ring is 1. The van der Waals surface area contributed by atoms with Gasteiger partial charge in [-0.3, -0.25) is 4.79 Å². The second-order valence-electron chi connectivity index (χ2n) is 4.94. The Bertz CT molecular complexity index is 894. The van der Waals surface area contributed by atoms with Crippen LogP contribution in [0.1, 0.15) is 15.9 Å². The Labute approximate surface area is 132 Å². The smallest absolute Gasteiger partial charge is 0.193 e. The number of aromatic hydroxyl groups is 1. The fraction of sp³-hybridized carbons (Fsp3) is 0.0556. The van der Waals surface area contributed by atoms with E-state index in [1.807, 2.05) is 30.3 Å². The van der Waals surface area contributed by atoms with E-state index in [-0.39, 0.29) is 22.7 Å². The van der Waals surface area contributed by atoms with Gasteiger partial charge in [0, 0.05) is 0 Å². The summed E-state index contributed by atoms with van der Waals surface area (Å²) in [5.41, 5.74) is 7.06. The number of ether oxygens (including phenoxy) is 1. The number of furan rings is 1. The first kappa shape index (κ1) is 14.7. The SMILES string of the molecule is COc1c(C(=O)/C=C/c2ccccc2)c(O)c(N)c2occc12. The van der Waals surface area contributed by atoms with Crippen molar-refractivity contribution in [2.24, 2.45) is 0 Å². The summed E-state index contributed by atoms with van der Waals surface area (Å²) in [6, 6.07) is 11.0. The van der Waals surface area contributed by atoms with Gasteiger partial charge in [0.2, 0.25) is 0 Å². The zero-order valence-corrected chi connectivity index (χ0v) is 12.4. The van der Waals surface area contributed by atoms with Crippen LogP contribution < -0.4 is 10.5 Å². The molecule has 116 valence electrons. The fourth-order valence-electron chi connectivity index (χ4n) is 2.44. The van der Waals surface area contributed by atoms with Gasteiger partial charge in [-0.25, -0.2) is 0 Å². The number of rotatable bonds is 4. The molecule has 0 spiro atoms. The molecule has 3 N–H and O–H groups in total. The summed E-state index contributed by atoms with van der Waals surface area (Å²) in [5, 5.41) is 10.8. The van der Waals surface area contributed by atoms with Crippen LogP contribution in [0, 0.1) is 0 Å². The largest absolute Gasteiger partial charge is 0.505 e. The van der Waals surface area contributed by atoms with Crippen molar-refractivity contribution >= 4 is 28.5 Å². The third-order valence-corrected chi connectivity index (χ3v) is 3.55. The quantitative estimate of drug-likeness (QED) is 0.333. The number of carbonyl (C=O) groups excluding carboxylic acids is 1. The summed E-state index contributed by atoms with van der Waals surface area (Å²) in [7, 11) is 1.43. The lowest BCUT2D eigenvalue weighted by Crippen LogP contribution is -2.03. The van der Waals surface area contributed by atoms with Gasteiger partial charge >= 0.3 is 0 Å². The molecule has 0 unspecified atom stereocenters. The lowest BCUT2D eigenvalue weighted by molar-refractivity contribution is 0.104. The molecule has 1 heterocycles. The number of hydrogen-bond acceptors (Lipinski definition) is 5. The van der Waals surface area contributed by atoms with E-state index in [1.165, 1.54) is 19.4 Å². The number of hydrogen-bond donors (Lipinski definition) is 2. The predicted octanol–water partition coefficient (Wildman–Crippen LogP) is 3.63. The van der Waals surface area contributed by atoms with Crippen LogP contribution in [-0.2, 0) is 0 Å². The molecular formula is C18H15NO4. The van der Waals surface area contributed by atoms with Gasteiger partial charge in [-0.1, -0.05) is 36.4 Å². The highest BCUT2D eigenvalue weighted by molar-refractivity contribution is 6.16. The lowest BCUT2D eigenvalue weighted by atomic mass is 10.0. The number of ketones is 1. The van der Waals surface area contributed by atoms with Crippen LogP contribution in [-0.4, -0.2) is 18.0 Å². The van der Waals surface area contributed by atoms with Gasteiger partial charge in [0.25, 0.3) is 0 Å². The van der Waals surface area contributed by atoms with Crippen molar-refractivity contribution in [2.45, 2.75) is 0 Å². The summed E-state index contributed by atoms with van der Waals surface area (Å²) in [6.07, 6.45) is 4.46. The summed E-state index contributed by atoms with van der Waals surface area (Å²) in [5.74, 6) is -0.506. The molecule has 1 aromatic heterocycles. The monoisotopic (exact) mass is 309 g/mol. The molecule has 0 aliphatic heterocycles. The maximum atomic E-state index is 12.5. The second kappa shape index (κ2) is 5.88. The average molecular weight is 309 g/mol. The number of phenolic OH excluding ortho intramolecular Hbond substituents is 1. The van der Waals surface area contributed by atoms with Crippen LogP contribution >= 0.6 is 0 Å². The lowest BCUT2D eigenvalue weighted by Gasteiger charge is -2.11. The molecule has 0 saturated carbocycles. The minimum absolute atomic E-state index is 0.0160. The number of allylic oxidation sites excluding steroid dienone is 1. The molecule has 5 heteroatoms. The molecule has 0 bridgehead atoms. The minimum Gasteiger partial charge on any atom is -0.505 e. The number of anilines is 1. The number of phenols is 1. The van der Waals surface area contributed by atoms with Crippen molar-refractivity contribution in [3.63, 3.8) is 0 Å². The maximum Gasteiger partial charge on any atom is 0.193 e. The Morgan fingerprint density at radius 3 is 2.70 bits per heavy atom. The molecule has 0 atom stereocenters. The van der Waals surface area contributed by atoms with E-state index in [4.69, 9.17) is 14.9 Å². The van der Waals surface area contributed by atoms with E-state index in [2.05, 4.69) is 0 Å². The fourth-order valence-corrected chi connectivity index (χ4v) is 2.44. The summed E-state index contributed by atoms with van der Waals surface area (Å²) in [4.78, 5) is 12.5. The maximum absolute atomic E-state index is 12.5. The number of benzene rings is 2. The van der Waals surface area contributed by atoms with Crippen LogP contribution in [0.2, 0.25) is 0 Å². The highest BCUT2D eigenvalue weighted by Crippen LogP contribution is 2.42. The summed E-state index contributed by atoms with van der Waals surface area (Å²) in [6.45, 7) is 0. The van der Waals surface area contributed by atoms with E-state index in [1.54, 1.807) is 12.1 Å². The molecule has 0 aliphatic carbocycles. The van der Waals surface area contributed by atoms with Crippen molar-refractivity contribution in [3.8, 4) is 11.5 Å². The zero-order chi connectivity index (χ0) is 16.4. The first-order chi connectivity index (χ1) is 11.1. The first-order valence-corrected chi connectivity index (χ1v) is 6.96. The molecular weight excluding hydrogens is 294 g/mol.